The predicted octanol–water partition coefficient (Wildman–Crippen LogP) is 3.73. The lowest BCUT2D eigenvalue weighted by Gasteiger charge is -2.12. The SMILES string of the molecule is COc1ccc(CCNC(=O)c2nnn(-c3ccccc3)c2C2CC2)cc1OC(F)F. The molecule has 1 aliphatic rings. The van der Waals surface area contributed by atoms with Gasteiger partial charge >= 0.3 is 6.61 Å². The van der Waals surface area contributed by atoms with Gasteiger partial charge in [0, 0.05) is 12.5 Å². The zero-order valence-corrected chi connectivity index (χ0v) is 16.9. The lowest BCUT2D eigenvalue weighted by Crippen LogP contribution is -2.27. The number of ether oxygens (including phenoxy) is 2. The fraction of sp³-hybridized carbons (Fsp3) is 0.318. The van der Waals surface area contributed by atoms with Gasteiger partial charge in [-0.1, -0.05) is 29.5 Å². The van der Waals surface area contributed by atoms with Crippen molar-refractivity contribution in [2.45, 2.75) is 31.8 Å². The van der Waals surface area contributed by atoms with Gasteiger partial charge in [0.15, 0.2) is 17.2 Å². The van der Waals surface area contributed by atoms with Crippen molar-refractivity contribution in [3.8, 4) is 17.2 Å². The van der Waals surface area contributed by atoms with Gasteiger partial charge in [-0.25, -0.2) is 4.68 Å². The van der Waals surface area contributed by atoms with Crippen molar-refractivity contribution in [1.29, 1.82) is 0 Å². The van der Waals surface area contributed by atoms with Crippen molar-refractivity contribution in [3.63, 3.8) is 0 Å². The van der Waals surface area contributed by atoms with Crippen molar-refractivity contribution in [2.75, 3.05) is 13.7 Å². The van der Waals surface area contributed by atoms with E-state index in [0.29, 0.717) is 18.7 Å². The number of nitrogens with zero attached hydrogens (tertiary/aromatic N) is 3. The lowest BCUT2D eigenvalue weighted by molar-refractivity contribution is -0.0512. The topological polar surface area (TPSA) is 78.3 Å². The number of hydrogen-bond acceptors (Lipinski definition) is 5. The number of alkyl halides is 2. The number of halogens is 2. The number of carbonyl (C=O) groups excluding carboxylic acids is 1. The standard InChI is InChI=1S/C22H22F2N4O3/c1-30-17-10-7-14(13-18(17)31-22(23)24)11-12-25-21(29)19-20(15-8-9-15)28(27-26-19)16-5-3-2-4-6-16/h2-7,10,13,15,22H,8-9,11-12H2,1H3,(H,25,29). The second-order valence-corrected chi connectivity index (χ2v) is 7.21. The molecule has 0 spiro atoms. The minimum Gasteiger partial charge on any atom is -0.493 e. The van der Waals surface area contributed by atoms with Gasteiger partial charge in [0.2, 0.25) is 0 Å². The van der Waals surface area contributed by atoms with E-state index in [-0.39, 0.29) is 23.3 Å². The van der Waals surface area contributed by atoms with Crippen LogP contribution < -0.4 is 14.8 Å². The van der Waals surface area contributed by atoms with Gasteiger partial charge < -0.3 is 14.8 Å². The number of para-hydroxylation sites is 1. The second-order valence-electron chi connectivity index (χ2n) is 7.21. The molecule has 9 heteroatoms. The first-order valence-corrected chi connectivity index (χ1v) is 9.97. The summed E-state index contributed by atoms with van der Waals surface area (Å²) < 4.78 is 36.5. The largest absolute Gasteiger partial charge is 0.493 e. The first kappa shape index (κ1) is 20.8. The molecule has 0 atom stereocenters. The highest BCUT2D eigenvalue weighted by Gasteiger charge is 2.34. The van der Waals surface area contributed by atoms with Crippen molar-refractivity contribution in [1.82, 2.24) is 20.3 Å². The molecule has 1 amide bonds. The van der Waals surface area contributed by atoms with Crippen LogP contribution in [0.15, 0.2) is 48.5 Å². The van der Waals surface area contributed by atoms with Crippen molar-refractivity contribution in [2.24, 2.45) is 0 Å². The van der Waals surface area contributed by atoms with E-state index in [1.54, 1.807) is 16.8 Å². The Bertz CT molecular complexity index is 1050. The van der Waals surface area contributed by atoms with Crippen LogP contribution in [0, 0.1) is 0 Å². The molecule has 162 valence electrons. The van der Waals surface area contributed by atoms with Crippen molar-refractivity contribution < 1.29 is 23.0 Å². The molecule has 7 nitrogen and oxygen atoms in total. The lowest BCUT2D eigenvalue weighted by atomic mass is 10.1. The Morgan fingerprint density at radius 3 is 2.65 bits per heavy atom. The van der Waals surface area contributed by atoms with Crippen LogP contribution >= 0.6 is 0 Å². The van der Waals surface area contributed by atoms with E-state index in [0.717, 1.165) is 29.8 Å². The number of aromatic nitrogens is 3. The molecule has 31 heavy (non-hydrogen) atoms. The van der Waals surface area contributed by atoms with E-state index in [2.05, 4.69) is 20.4 Å². The summed E-state index contributed by atoms with van der Waals surface area (Å²) in [7, 11) is 1.38. The monoisotopic (exact) mass is 428 g/mol. The van der Waals surface area contributed by atoms with E-state index in [1.807, 2.05) is 30.3 Å². The van der Waals surface area contributed by atoms with Crippen LogP contribution in [0.1, 0.15) is 40.5 Å². The van der Waals surface area contributed by atoms with Gasteiger partial charge in [-0.15, -0.1) is 5.10 Å². The summed E-state index contributed by atoms with van der Waals surface area (Å²) in [5.74, 6) is 0.149. The molecular weight excluding hydrogens is 406 g/mol. The van der Waals surface area contributed by atoms with E-state index >= 15 is 0 Å². The molecule has 1 N–H and O–H groups in total. The molecule has 1 heterocycles. The number of hydrogen-bond donors (Lipinski definition) is 1. The summed E-state index contributed by atoms with van der Waals surface area (Å²) >= 11 is 0. The van der Waals surface area contributed by atoms with Crippen molar-refractivity contribution in [3.05, 3.63) is 65.5 Å². The van der Waals surface area contributed by atoms with Crippen LogP contribution in [0.2, 0.25) is 0 Å². The highest BCUT2D eigenvalue weighted by Crippen LogP contribution is 2.42. The molecule has 4 rings (SSSR count). The number of nitrogens with one attached hydrogen (secondary N) is 1. The first-order chi connectivity index (χ1) is 15.1. The molecule has 0 unspecified atom stereocenters. The maximum Gasteiger partial charge on any atom is 0.387 e. The fourth-order valence-corrected chi connectivity index (χ4v) is 3.40. The second kappa shape index (κ2) is 9.11. The van der Waals surface area contributed by atoms with E-state index in [4.69, 9.17) is 4.74 Å². The van der Waals surface area contributed by atoms with Crippen LogP contribution in [-0.4, -0.2) is 41.2 Å². The van der Waals surface area contributed by atoms with E-state index in [9.17, 15) is 13.6 Å². The summed E-state index contributed by atoms with van der Waals surface area (Å²) in [6.07, 6.45) is 2.43. The molecule has 1 saturated carbocycles. The average molecular weight is 428 g/mol. The van der Waals surface area contributed by atoms with Gasteiger partial charge in [-0.3, -0.25) is 4.79 Å². The van der Waals surface area contributed by atoms with Crippen molar-refractivity contribution >= 4 is 5.91 Å². The third kappa shape index (κ3) is 4.82. The van der Waals surface area contributed by atoms with Gasteiger partial charge in [0.1, 0.15) is 0 Å². The maximum absolute atomic E-state index is 12.8. The third-order valence-electron chi connectivity index (χ3n) is 5.03. The number of methoxy groups -OCH3 is 1. The summed E-state index contributed by atoms with van der Waals surface area (Å²) in [5.41, 5.74) is 2.73. The van der Waals surface area contributed by atoms with Crippen LogP contribution in [-0.2, 0) is 6.42 Å². The Labute approximate surface area is 178 Å². The molecule has 3 aromatic rings. The Kier molecular flexibility index (Phi) is 6.11. The zero-order chi connectivity index (χ0) is 21.8. The molecule has 0 radical (unpaired) electrons. The summed E-state index contributed by atoms with van der Waals surface area (Å²) in [4.78, 5) is 12.8. The summed E-state index contributed by atoms with van der Waals surface area (Å²) in [6.45, 7) is -2.64. The molecule has 2 aromatic carbocycles. The molecule has 1 fully saturated rings. The summed E-state index contributed by atoms with van der Waals surface area (Å²) in [5, 5.41) is 11.2. The minimum atomic E-state index is -2.95. The molecular formula is C22H22F2N4O3. The summed E-state index contributed by atoms with van der Waals surface area (Å²) in [6, 6.07) is 14.4. The quantitative estimate of drug-likeness (QED) is 0.562. The average Bonchev–Trinajstić information content (AvgIpc) is 3.51. The molecule has 0 aliphatic heterocycles. The van der Waals surface area contributed by atoms with Crippen LogP contribution in [0.3, 0.4) is 0 Å². The molecule has 1 aromatic heterocycles. The Balaban J connectivity index is 1.44. The number of benzene rings is 2. The molecule has 0 bridgehead atoms. The van der Waals surface area contributed by atoms with Gasteiger partial charge in [0.05, 0.1) is 18.5 Å². The number of rotatable bonds is 9. The smallest absolute Gasteiger partial charge is 0.387 e. The van der Waals surface area contributed by atoms with Gasteiger partial charge in [-0.2, -0.15) is 8.78 Å². The van der Waals surface area contributed by atoms with Gasteiger partial charge in [0.25, 0.3) is 5.91 Å². The van der Waals surface area contributed by atoms with Gasteiger partial charge in [-0.05, 0) is 49.1 Å². The van der Waals surface area contributed by atoms with Crippen LogP contribution in [0.5, 0.6) is 11.5 Å². The fourth-order valence-electron chi connectivity index (χ4n) is 3.40. The third-order valence-corrected chi connectivity index (χ3v) is 5.03. The highest BCUT2D eigenvalue weighted by molar-refractivity contribution is 5.93. The van der Waals surface area contributed by atoms with Crippen LogP contribution in [0.4, 0.5) is 8.78 Å². The highest BCUT2D eigenvalue weighted by atomic mass is 19.3. The van der Waals surface area contributed by atoms with Crippen LogP contribution in [0.25, 0.3) is 5.69 Å². The van der Waals surface area contributed by atoms with E-state index < -0.39 is 6.61 Å². The van der Waals surface area contributed by atoms with E-state index in [1.165, 1.54) is 13.2 Å². The Hall–Kier alpha value is -3.49. The Morgan fingerprint density at radius 2 is 1.97 bits per heavy atom. The first-order valence-electron chi connectivity index (χ1n) is 9.97. The maximum atomic E-state index is 12.8. The zero-order valence-electron chi connectivity index (χ0n) is 16.9. The number of carbonyl (C=O) groups is 1. The predicted molar refractivity (Wildman–Crippen MR) is 109 cm³/mol. The normalized spacial score (nSPS) is 13.3. The Morgan fingerprint density at radius 1 is 1.19 bits per heavy atom. The number of amides is 1. The molecule has 0 saturated heterocycles. The molecule has 1 aliphatic carbocycles. The minimum absolute atomic E-state index is 0.0387.